The van der Waals surface area contributed by atoms with E-state index in [1.807, 2.05) is 6.07 Å². The van der Waals surface area contributed by atoms with Crippen molar-refractivity contribution in [3.05, 3.63) is 35.6 Å². The average molecular weight is 277 g/mol. The van der Waals surface area contributed by atoms with E-state index in [1.165, 1.54) is 38.4 Å². The normalized spacial score (nSPS) is 26.2. The smallest absolute Gasteiger partial charge is 0.123 e. The van der Waals surface area contributed by atoms with Gasteiger partial charge in [-0.25, -0.2) is 4.39 Å². The molecule has 1 aromatic carbocycles. The standard InChI is InChI=1S/C16H24FN3/c17-14-5-3-4-13(10-14)16(11-18)20-9-6-15(12-20)19-7-1-2-8-19/h3-5,10,15-16H,1-2,6-9,11-12,18H2. The van der Waals surface area contributed by atoms with E-state index in [2.05, 4.69) is 9.80 Å². The molecule has 2 heterocycles. The maximum Gasteiger partial charge on any atom is 0.123 e. The Bertz CT molecular complexity index is 445. The molecular formula is C16H24FN3. The maximum absolute atomic E-state index is 13.4. The van der Waals surface area contributed by atoms with Crippen LogP contribution in [0.3, 0.4) is 0 Å². The molecular weight excluding hydrogens is 253 g/mol. The van der Waals surface area contributed by atoms with Crippen LogP contribution in [0.15, 0.2) is 24.3 Å². The Balaban J connectivity index is 1.68. The Labute approximate surface area is 120 Å². The fraction of sp³-hybridized carbons (Fsp3) is 0.625. The number of likely N-dealkylation sites (tertiary alicyclic amines) is 2. The molecule has 0 amide bonds. The number of rotatable bonds is 4. The van der Waals surface area contributed by atoms with Crippen molar-refractivity contribution >= 4 is 0 Å². The predicted octanol–water partition coefficient (Wildman–Crippen LogP) is 2.00. The van der Waals surface area contributed by atoms with Crippen molar-refractivity contribution in [3.63, 3.8) is 0 Å². The van der Waals surface area contributed by atoms with Crippen LogP contribution in [0.25, 0.3) is 0 Å². The molecule has 110 valence electrons. The van der Waals surface area contributed by atoms with Gasteiger partial charge in [-0.1, -0.05) is 12.1 Å². The molecule has 0 aromatic heterocycles. The van der Waals surface area contributed by atoms with Gasteiger partial charge in [0.15, 0.2) is 0 Å². The van der Waals surface area contributed by atoms with E-state index in [1.54, 1.807) is 12.1 Å². The summed E-state index contributed by atoms with van der Waals surface area (Å²) in [4.78, 5) is 5.04. The predicted molar refractivity (Wildman–Crippen MR) is 79.0 cm³/mol. The van der Waals surface area contributed by atoms with Crippen molar-refractivity contribution in [1.82, 2.24) is 9.80 Å². The lowest BCUT2D eigenvalue weighted by molar-refractivity contribution is 0.203. The zero-order valence-electron chi connectivity index (χ0n) is 12.0. The molecule has 4 heteroatoms. The number of nitrogens with zero attached hydrogens (tertiary/aromatic N) is 2. The van der Waals surface area contributed by atoms with Crippen LogP contribution in [0.2, 0.25) is 0 Å². The quantitative estimate of drug-likeness (QED) is 0.913. The molecule has 3 rings (SSSR count). The number of halogens is 1. The molecule has 2 aliphatic heterocycles. The number of benzene rings is 1. The molecule has 2 saturated heterocycles. The fourth-order valence-corrected chi connectivity index (χ4v) is 3.67. The van der Waals surface area contributed by atoms with E-state index in [-0.39, 0.29) is 11.9 Å². The van der Waals surface area contributed by atoms with E-state index in [4.69, 9.17) is 5.73 Å². The second kappa shape index (κ2) is 6.20. The zero-order chi connectivity index (χ0) is 13.9. The molecule has 2 fully saturated rings. The Hall–Kier alpha value is -0.970. The molecule has 0 radical (unpaired) electrons. The minimum atomic E-state index is -0.170. The Morgan fingerprint density at radius 2 is 2.05 bits per heavy atom. The van der Waals surface area contributed by atoms with Gasteiger partial charge in [0.05, 0.1) is 0 Å². The van der Waals surface area contributed by atoms with E-state index < -0.39 is 0 Å². The summed E-state index contributed by atoms with van der Waals surface area (Å²) in [6.07, 6.45) is 3.88. The van der Waals surface area contributed by atoms with Crippen LogP contribution in [0.4, 0.5) is 4.39 Å². The van der Waals surface area contributed by atoms with Crippen molar-refractivity contribution < 1.29 is 4.39 Å². The van der Waals surface area contributed by atoms with Gasteiger partial charge in [0, 0.05) is 31.7 Å². The second-order valence-electron chi connectivity index (χ2n) is 5.99. The van der Waals surface area contributed by atoms with Crippen molar-refractivity contribution in [1.29, 1.82) is 0 Å². The summed E-state index contributed by atoms with van der Waals surface area (Å²) < 4.78 is 13.4. The molecule has 1 aromatic rings. The maximum atomic E-state index is 13.4. The highest BCUT2D eigenvalue weighted by atomic mass is 19.1. The third kappa shape index (κ3) is 2.87. The first-order valence-corrected chi connectivity index (χ1v) is 7.71. The van der Waals surface area contributed by atoms with Gasteiger partial charge in [0.2, 0.25) is 0 Å². The van der Waals surface area contributed by atoms with Crippen LogP contribution in [-0.4, -0.2) is 48.6 Å². The SMILES string of the molecule is NCC(c1cccc(F)c1)N1CCC(N2CCCC2)C1. The number of hydrogen-bond acceptors (Lipinski definition) is 3. The monoisotopic (exact) mass is 277 g/mol. The van der Waals surface area contributed by atoms with Gasteiger partial charge in [-0.3, -0.25) is 9.80 Å². The molecule has 2 aliphatic rings. The average Bonchev–Trinajstić information content (AvgIpc) is 3.10. The lowest BCUT2D eigenvalue weighted by Crippen LogP contribution is -2.38. The minimum Gasteiger partial charge on any atom is -0.329 e. The Morgan fingerprint density at radius 1 is 1.25 bits per heavy atom. The third-order valence-corrected chi connectivity index (χ3v) is 4.75. The fourth-order valence-electron chi connectivity index (χ4n) is 3.67. The van der Waals surface area contributed by atoms with Gasteiger partial charge in [0.25, 0.3) is 0 Å². The van der Waals surface area contributed by atoms with Gasteiger partial charge >= 0.3 is 0 Å². The molecule has 2 unspecified atom stereocenters. The molecule has 2 atom stereocenters. The molecule has 20 heavy (non-hydrogen) atoms. The summed E-state index contributed by atoms with van der Waals surface area (Å²) in [5.74, 6) is -0.170. The van der Waals surface area contributed by atoms with Crippen LogP contribution >= 0.6 is 0 Å². The molecule has 3 nitrogen and oxygen atoms in total. The summed E-state index contributed by atoms with van der Waals surface area (Å²) in [6, 6.07) is 7.71. The van der Waals surface area contributed by atoms with Crippen LogP contribution in [0, 0.1) is 5.82 Å². The van der Waals surface area contributed by atoms with E-state index in [0.29, 0.717) is 12.6 Å². The molecule has 0 aliphatic carbocycles. The summed E-state index contributed by atoms with van der Waals surface area (Å²) >= 11 is 0. The summed E-state index contributed by atoms with van der Waals surface area (Å²) in [7, 11) is 0. The van der Waals surface area contributed by atoms with Gasteiger partial charge in [0.1, 0.15) is 5.82 Å². The van der Waals surface area contributed by atoms with Crippen molar-refractivity contribution in [2.45, 2.75) is 31.3 Å². The van der Waals surface area contributed by atoms with Crippen molar-refractivity contribution in [2.75, 3.05) is 32.7 Å². The van der Waals surface area contributed by atoms with Crippen molar-refractivity contribution in [3.8, 4) is 0 Å². The van der Waals surface area contributed by atoms with E-state index in [9.17, 15) is 4.39 Å². The molecule has 2 N–H and O–H groups in total. The Kier molecular flexibility index (Phi) is 4.34. The first-order valence-electron chi connectivity index (χ1n) is 7.71. The van der Waals surface area contributed by atoms with Crippen molar-refractivity contribution in [2.24, 2.45) is 5.73 Å². The van der Waals surface area contributed by atoms with Crippen LogP contribution in [0.1, 0.15) is 30.9 Å². The largest absolute Gasteiger partial charge is 0.329 e. The van der Waals surface area contributed by atoms with Gasteiger partial charge < -0.3 is 5.73 Å². The molecule has 0 saturated carbocycles. The highest BCUT2D eigenvalue weighted by Gasteiger charge is 2.32. The molecule has 0 bridgehead atoms. The van der Waals surface area contributed by atoms with Crippen LogP contribution in [0.5, 0.6) is 0 Å². The van der Waals surface area contributed by atoms with Crippen LogP contribution < -0.4 is 5.73 Å². The van der Waals surface area contributed by atoms with Gasteiger partial charge in [-0.15, -0.1) is 0 Å². The minimum absolute atomic E-state index is 0.151. The lowest BCUT2D eigenvalue weighted by Gasteiger charge is -2.29. The zero-order valence-corrected chi connectivity index (χ0v) is 12.0. The summed E-state index contributed by atoms with van der Waals surface area (Å²) in [5.41, 5.74) is 6.96. The number of hydrogen-bond donors (Lipinski definition) is 1. The highest BCUT2D eigenvalue weighted by Crippen LogP contribution is 2.28. The van der Waals surface area contributed by atoms with Crippen LogP contribution in [-0.2, 0) is 0 Å². The third-order valence-electron chi connectivity index (χ3n) is 4.75. The molecule has 0 spiro atoms. The first-order chi connectivity index (χ1) is 9.78. The van der Waals surface area contributed by atoms with E-state index >= 15 is 0 Å². The Morgan fingerprint density at radius 3 is 2.75 bits per heavy atom. The topological polar surface area (TPSA) is 32.5 Å². The van der Waals surface area contributed by atoms with Gasteiger partial charge in [-0.05, 0) is 50.0 Å². The summed E-state index contributed by atoms with van der Waals surface area (Å²) in [5, 5.41) is 0. The van der Waals surface area contributed by atoms with E-state index in [0.717, 1.165) is 18.7 Å². The first kappa shape index (κ1) is 14.0. The van der Waals surface area contributed by atoms with Gasteiger partial charge in [-0.2, -0.15) is 0 Å². The lowest BCUT2D eigenvalue weighted by atomic mass is 10.1. The highest BCUT2D eigenvalue weighted by molar-refractivity contribution is 5.21. The second-order valence-corrected chi connectivity index (χ2v) is 5.99. The number of nitrogens with two attached hydrogens (primary N) is 1. The summed E-state index contributed by atoms with van der Waals surface area (Å²) in [6.45, 7) is 5.17.